The number of likely N-dealkylation sites (N-methyl/N-ethyl adjacent to an activating group) is 1. The van der Waals surface area contributed by atoms with Gasteiger partial charge in [0.25, 0.3) is 0 Å². The van der Waals surface area contributed by atoms with E-state index in [2.05, 4.69) is 39.3 Å². The van der Waals surface area contributed by atoms with Crippen LogP contribution in [0.15, 0.2) is 30.5 Å². The number of rotatable bonds is 8. The number of H-pyrrole nitrogens is 1. The Hall–Kier alpha value is -1.71. The van der Waals surface area contributed by atoms with E-state index in [0.29, 0.717) is 17.4 Å². The van der Waals surface area contributed by atoms with Crippen molar-refractivity contribution < 1.29 is 4.79 Å². The highest BCUT2D eigenvalue weighted by atomic mass is 16.2. The fraction of sp³-hybridized carbons (Fsp3) is 0.720. The van der Waals surface area contributed by atoms with Crippen molar-refractivity contribution in [1.82, 2.24) is 9.88 Å². The van der Waals surface area contributed by atoms with Crippen LogP contribution in [0.5, 0.6) is 0 Å². The fourth-order valence-electron chi connectivity index (χ4n) is 5.26. The van der Waals surface area contributed by atoms with Crippen molar-refractivity contribution in [3.05, 3.63) is 36.2 Å². The van der Waals surface area contributed by atoms with Gasteiger partial charge in [0.15, 0.2) is 0 Å². The highest BCUT2D eigenvalue weighted by Crippen LogP contribution is 2.65. The third kappa shape index (κ3) is 5.46. The topological polar surface area (TPSA) is 62.1 Å². The minimum absolute atomic E-state index is 0.129. The van der Waals surface area contributed by atoms with Crippen LogP contribution in [0.1, 0.15) is 90.7 Å². The summed E-state index contributed by atoms with van der Waals surface area (Å²) in [4.78, 5) is 15.9. The van der Waals surface area contributed by atoms with Gasteiger partial charge in [0, 0.05) is 31.4 Å². The number of carbonyl (C=O) groups is 1. The number of aromatic nitrogens is 1. The highest BCUT2D eigenvalue weighted by molar-refractivity contribution is 5.71. The molecule has 1 aromatic heterocycles. The van der Waals surface area contributed by atoms with Gasteiger partial charge in [-0.05, 0) is 67.4 Å². The summed E-state index contributed by atoms with van der Waals surface area (Å²) in [6, 6.07) is 3.59. The number of primary amides is 1. The van der Waals surface area contributed by atoms with Crippen LogP contribution in [-0.4, -0.2) is 29.5 Å². The first-order valence-corrected chi connectivity index (χ1v) is 11.4. The van der Waals surface area contributed by atoms with Crippen LogP contribution in [-0.2, 0) is 0 Å². The third-order valence-electron chi connectivity index (χ3n) is 8.09. The lowest BCUT2D eigenvalue weighted by Gasteiger charge is -2.34. The number of hydrogen-bond acceptors (Lipinski definition) is 1. The molecule has 164 valence electrons. The van der Waals surface area contributed by atoms with Crippen molar-refractivity contribution in [3.8, 4) is 0 Å². The number of nitrogens with zero attached hydrogens (tertiary/aromatic N) is 1. The van der Waals surface area contributed by atoms with Gasteiger partial charge in [0.05, 0.1) is 0 Å². The Bertz CT molecular complexity index is 651. The summed E-state index contributed by atoms with van der Waals surface area (Å²) in [5, 5.41) is 0. The quantitative estimate of drug-likeness (QED) is 0.380. The minimum Gasteiger partial charge on any atom is -0.364 e. The second-order valence-electron chi connectivity index (χ2n) is 10.1. The van der Waals surface area contributed by atoms with Crippen molar-refractivity contribution in [2.24, 2.45) is 22.5 Å². The standard InChI is InChI=1S/C15H25N3O.C10H18/c1-4-5-6-8-12(2)13(11-18(3)15(16)19)14-9-7-10-17-14;1-9(2)8-4-6-10(9,3)7-5-8/h7,9-10,13,17H,2,4-6,8,11H2,1,3H3,(H2,16,19);8H,4-7H2,1-3H3. The van der Waals surface area contributed by atoms with Gasteiger partial charge in [-0.15, -0.1) is 0 Å². The molecule has 29 heavy (non-hydrogen) atoms. The zero-order valence-corrected chi connectivity index (χ0v) is 19.4. The number of amides is 2. The van der Waals surface area contributed by atoms with Crippen LogP contribution in [0.4, 0.5) is 4.79 Å². The molecule has 0 saturated heterocycles. The van der Waals surface area contributed by atoms with E-state index in [9.17, 15) is 4.79 Å². The molecule has 2 aliphatic rings. The molecule has 2 saturated carbocycles. The average Bonchev–Trinajstić information content (AvgIpc) is 3.33. The van der Waals surface area contributed by atoms with Gasteiger partial charge in [-0.25, -0.2) is 4.79 Å². The predicted octanol–water partition coefficient (Wildman–Crippen LogP) is 6.47. The molecule has 2 fully saturated rings. The molecule has 1 atom stereocenters. The minimum atomic E-state index is -0.405. The molecule has 1 heterocycles. The molecule has 4 heteroatoms. The Morgan fingerprint density at radius 3 is 2.34 bits per heavy atom. The summed E-state index contributed by atoms with van der Waals surface area (Å²) >= 11 is 0. The number of hydrogen-bond donors (Lipinski definition) is 2. The SMILES string of the molecule is C=C(CCCCC)C(CN(C)C(N)=O)c1ccc[nH]1.CC12CCC(CC1)C2(C)C. The molecule has 3 rings (SSSR count). The van der Waals surface area contributed by atoms with E-state index in [1.807, 2.05) is 18.3 Å². The largest absolute Gasteiger partial charge is 0.364 e. The Balaban J connectivity index is 0.000000248. The van der Waals surface area contributed by atoms with Gasteiger partial charge in [-0.1, -0.05) is 52.7 Å². The Morgan fingerprint density at radius 2 is 1.97 bits per heavy atom. The maximum atomic E-state index is 11.2. The van der Waals surface area contributed by atoms with Crippen molar-refractivity contribution >= 4 is 6.03 Å². The number of nitrogens with one attached hydrogen (secondary N) is 1. The zero-order chi connectivity index (χ0) is 21.7. The number of nitrogens with two attached hydrogens (primary N) is 1. The third-order valence-corrected chi connectivity index (χ3v) is 8.09. The van der Waals surface area contributed by atoms with E-state index < -0.39 is 6.03 Å². The summed E-state index contributed by atoms with van der Waals surface area (Å²) in [5.41, 5.74) is 8.92. The molecular formula is C25H43N3O. The Labute approximate surface area is 178 Å². The van der Waals surface area contributed by atoms with Gasteiger partial charge in [-0.2, -0.15) is 0 Å². The monoisotopic (exact) mass is 401 g/mol. The summed E-state index contributed by atoms with van der Waals surface area (Å²) in [7, 11) is 1.72. The molecule has 0 radical (unpaired) electrons. The van der Waals surface area contributed by atoms with E-state index in [0.717, 1.165) is 30.0 Å². The van der Waals surface area contributed by atoms with E-state index >= 15 is 0 Å². The van der Waals surface area contributed by atoms with Gasteiger partial charge in [0.2, 0.25) is 0 Å². The van der Waals surface area contributed by atoms with Crippen LogP contribution in [0.25, 0.3) is 0 Å². The van der Waals surface area contributed by atoms with Gasteiger partial charge in [-0.3, -0.25) is 0 Å². The Kier molecular flexibility index (Phi) is 8.02. The second kappa shape index (κ2) is 9.86. The highest BCUT2D eigenvalue weighted by Gasteiger charge is 2.55. The first-order chi connectivity index (χ1) is 13.6. The summed E-state index contributed by atoms with van der Waals surface area (Å²) in [6.07, 6.45) is 12.4. The molecule has 0 spiro atoms. The summed E-state index contributed by atoms with van der Waals surface area (Å²) < 4.78 is 0. The maximum absolute atomic E-state index is 11.2. The van der Waals surface area contributed by atoms with Crippen molar-refractivity contribution in [1.29, 1.82) is 0 Å². The van der Waals surface area contributed by atoms with Crippen LogP contribution < -0.4 is 5.73 Å². The molecule has 0 aromatic carbocycles. The van der Waals surface area contributed by atoms with Gasteiger partial charge >= 0.3 is 6.03 Å². The smallest absolute Gasteiger partial charge is 0.314 e. The molecule has 2 amide bonds. The lowest BCUT2D eigenvalue weighted by atomic mass is 9.71. The number of urea groups is 1. The second-order valence-corrected chi connectivity index (χ2v) is 10.1. The maximum Gasteiger partial charge on any atom is 0.314 e. The molecule has 1 aromatic rings. The average molecular weight is 402 g/mol. The molecule has 3 N–H and O–H groups in total. The van der Waals surface area contributed by atoms with Crippen molar-refractivity contribution in [2.45, 2.75) is 85.0 Å². The van der Waals surface area contributed by atoms with Crippen LogP contribution in [0.2, 0.25) is 0 Å². The van der Waals surface area contributed by atoms with E-state index in [1.165, 1.54) is 43.4 Å². The predicted molar refractivity (Wildman–Crippen MR) is 123 cm³/mol. The van der Waals surface area contributed by atoms with Crippen molar-refractivity contribution in [2.75, 3.05) is 13.6 Å². The molecule has 2 bridgehead atoms. The Morgan fingerprint density at radius 1 is 1.31 bits per heavy atom. The lowest BCUT2D eigenvalue weighted by Crippen LogP contribution is -2.35. The first-order valence-electron chi connectivity index (χ1n) is 11.4. The fourth-order valence-corrected chi connectivity index (χ4v) is 5.26. The first kappa shape index (κ1) is 23.6. The zero-order valence-electron chi connectivity index (χ0n) is 19.4. The van der Waals surface area contributed by atoms with E-state index in [-0.39, 0.29) is 5.92 Å². The van der Waals surface area contributed by atoms with E-state index in [4.69, 9.17) is 5.73 Å². The molecule has 1 unspecified atom stereocenters. The molecular weight excluding hydrogens is 358 g/mol. The van der Waals surface area contributed by atoms with Gasteiger partial charge in [0.1, 0.15) is 0 Å². The molecule has 2 aliphatic carbocycles. The number of aromatic amines is 1. The van der Waals surface area contributed by atoms with E-state index in [1.54, 1.807) is 7.05 Å². The summed E-state index contributed by atoms with van der Waals surface area (Å²) in [5.74, 6) is 1.18. The van der Waals surface area contributed by atoms with Crippen molar-refractivity contribution in [3.63, 3.8) is 0 Å². The van der Waals surface area contributed by atoms with Crippen LogP contribution in [0.3, 0.4) is 0 Å². The number of carbonyl (C=O) groups excluding carboxylic acids is 1. The molecule has 4 nitrogen and oxygen atoms in total. The number of unbranched alkanes of at least 4 members (excludes halogenated alkanes) is 2. The lowest BCUT2D eigenvalue weighted by molar-refractivity contribution is 0.152. The van der Waals surface area contributed by atoms with Crippen LogP contribution >= 0.6 is 0 Å². The number of fused-ring (bicyclic) bond motifs is 2. The normalized spacial score (nSPS) is 25.2. The van der Waals surface area contributed by atoms with Crippen LogP contribution in [0, 0.1) is 16.7 Å². The molecule has 0 aliphatic heterocycles. The van der Waals surface area contributed by atoms with Gasteiger partial charge < -0.3 is 15.6 Å². The summed E-state index contributed by atoms with van der Waals surface area (Å²) in [6.45, 7) is 14.4.